The lowest BCUT2D eigenvalue weighted by molar-refractivity contribution is -0.133. The van der Waals surface area contributed by atoms with Crippen molar-refractivity contribution in [1.82, 2.24) is 18.9 Å². The number of ether oxygens (including phenoxy) is 1. The van der Waals surface area contributed by atoms with Gasteiger partial charge < -0.3 is 9.30 Å². The number of benzene rings is 1. The predicted octanol–water partition coefficient (Wildman–Crippen LogP) is 4.69. The Morgan fingerprint density at radius 3 is 2.63 bits per heavy atom. The highest BCUT2D eigenvalue weighted by molar-refractivity contribution is 6.01. The molecular weight excluding hydrogens is 340 g/mol. The number of aromatic nitrogens is 4. The summed E-state index contributed by atoms with van der Waals surface area (Å²) in [6.45, 7) is 8.17. The van der Waals surface area contributed by atoms with Crippen LogP contribution in [0.4, 0.5) is 0 Å². The summed E-state index contributed by atoms with van der Waals surface area (Å²) in [6.07, 6.45) is 3.96. The van der Waals surface area contributed by atoms with Crippen molar-refractivity contribution in [2.45, 2.75) is 53.0 Å². The van der Waals surface area contributed by atoms with E-state index in [2.05, 4.69) is 29.7 Å². The summed E-state index contributed by atoms with van der Waals surface area (Å²) in [6, 6.07) is 8.27. The van der Waals surface area contributed by atoms with Crippen LogP contribution in [0.15, 0.2) is 30.5 Å². The third kappa shape index (κ3) is 2.67. The molecule has 3 aromatic heterocycles. The van der Waals surface area contributed by atoms with Crippen LogP contribution in [0.1, 0.15) is 52.4 Å². The van der Waals surface area contributed by atoms with Gasteiger partial charge in [-0.25, -0.2) is 9.97 Å². The van der Waals surface area contributed by atoms with Crippen molar-refractivity contribution in [1.29, 1.82) is 0 Å². The number of nitrogens with zero attached hydrogens (tertiary/aromatic N) is 4. The van der Waals surface area contributed by atoms with E-state index in [0.717, 1.165) is 46.4 Å². The summed E-state index contributed by atoms with van der Waals surface area (Å²) >= 11 is 0. The second-order valence-corrected chi connectivity index (χ2v) is 6.83. The average Bonchev–Trinajstić information content (AvgIpc) is 3.25. The fourth-order valence-electron chi connectivity index (χ4n) is 3.48. The Balaban J connectivity index is 2.15. The molecule has 1 atom stereocenters. The van der Waals surface area contributed by atoms with E-state index in [1.807, 2.05) is 30.5 Å². The quantitative estimate of drug-likeness (QED) is 0.482. The van der Waals surface area contributed by atoms with Crippen LogP contribution in [-0.4, -0.2) is 24.9 Å². The fraction of sp³-hybridized carbons (Fsp3) is 0.381. The van der Waals surface area contributed by atoms with Crippen molar-refractivity contribution in [3.05, 3.63) is 36.3 Å². The van der Waals surface area contributed by atoms with E-state index in [9.17, 15) is 4.79 Å². The molecular formula is C21H24N4O2. The predicted molar refractivity (Wildman–Crippen MR) is 106 cm³/mol. The molecule has 0 aliphatic carbocycles. The molecule has 0 amide bonds. The van der Waals surface area contributed by atoms with Crippen molar-refractivity contribution < 1.29 is 9.53 Å². The third-order valence-electron chi connectivity index (χ3n) is 5.14. The maximum atomic E-state index is 12.0. The van der Waals surface area contributed by atoms with Gasteiger partial charge in [0.25, 0.3) is 0 Å². The van der Waals surface area contributed by atoms with Gasteiger partial charge in [-0.15, -0.1) is 0 Å². The Morgan fingerprint density at radius 1 is 1.15 bits per heavy atom. The van der Waals surface area contributed by atoms with Crippen LogP contribution in [0.5, 0.6) is 5.75 Å². The van der Waals surface area contributed by atoms with Crippen LogP contribution in [0, 0.1) is 0 Å². The van der Waals surface area contributed by atoms with Crippen molar-refractivity contribution in [2.75, 3.05) is 0 Å². The Kier molecular flexibility index (Phi) is 4.34. The SMILES string of the molecule is CCC(=O)Oc1cn(C(C)CC)c2nc(CC)n3c4ccccc4nc3c12. The molecule has 3 heterocycles. The molecule has 0 radical (unpaired) electrons. The standard InChI is InChI=1S/C21H24N4O2/c1-5-13(4)24-12-16(27-18(26)7-3)19-20(24)23-17(6-2)25-15-11-9-8-10-14(15)22-21(19)25/h8-13H,5-7H2,1-4H3. The monoisotopic (exact) mass is 364 g/mol. The van der Waals surface area contributed by atoms with E-state index in [0.29, 0.717) is 12.2 Å². The first-order valence-corrected chi connectivity index (χ1v) is 9.60. The van der Waals surface area contributed by atoms with Gasteiger partial charge >= 0.3 is 5.97 Å². The van der Waals surface area contributed by atoms with Crippen molar-refractivity contribution in [2.24, 2.45) is 0 Å². The van der Waals surface area contributed by atoms with Gasteiger partial charge in [-0.3, -0.25) is 9.20 Å². The van der Waals surface area contributed by atoms with Crippen LogP contribution >= 0.6 is 0 Å². The first-order valence-electron chi connectivity index (χ1n) is 9.60. The highest BCUT2D eigenvalue weighted by Gasteiger charge is 2.23. The number of esters is 1. The summed E-state index contributed by atoms with van der Waals surface area (Å²) < 4.78 is 9.87. The molecule has 0 fully saturated rings. The molecule has 140 valence electrons. The highest BCUT2D eigenvalue weighted by atomic mass is 16.5. The molecule has 4 rings (SSSR count). The molecule has 6 heteroatoms. The lowest BCUT2D eigenvalue weighted by Gasteiger charge is -2.12. The van der Waals surface area contributed by atoms with Crippen molar-refractivity contribution in [3.8, 4) is 5.75 Å². The van der Waals surface area contributed by atoms with E-state index in [4.69, 9.17) is 14.7 Å². The van der Waals surface area contributed by atoms with Gasteiger partial charge in [0.15, 0.2) is 11.4 Å². The molecule has 0 N–H and O–H groups in total. The lowest BCUT2D eigenvalue weighted by Crippen LogP contribution is -2.06. The molecule has 6 nitrogen and oxygen atoms in total. The number of para-hydroxylation sites is 2. The molecule has 0 aliphatic heterocycles. The minimum Gasteiger partial charge on any atom is -0.424 e. The summed E-state index contributed by atoms with van der Waals surface area (Å²) in [7, 11) is 0. The first-order chi connectivity index (χ1) is 13.1. The maximum absolute atomic E-state index is 12.0. The van der Waals surface area contributed by atoms with Crippen LogP contribution in [0.2, 0.25) is 0 Å². The molecule has 1 unspecified atom stereocenters. The van der Waals surface area contributed by atoms with Crippen LogP contribution in [-0.2, 0) is 11.2 Å². The second kappa shape index (κ2) is 6.68. The molecule has 0 saturated carbocycles. The lowest BCUT2D eigenvalue weighted by atomic mass is 10.2. The Morgan fingerprint density at radius 2 is 1.93 bits per heavy atom. The third-order valence-corrected chi connectivity index (χ3v) is 5.14. The first kappa shape index (κ1) is 17.5. The summed E-state index contributed by atoms with van der Waals surface area (Å²) in [4.78, 5) is 21.8. The van der Waals surface area contributed by atoms with E-state index < -0.39 is 0 Å². The molecule has 4 aromatic rings. The van der Waals surface area contributed by atoms with Gasteiger partial charge in [0.1, 0.15) is 16.9 Å². The number of hydrogen-bond donors (Lipinski definition) is 0. The minimum absolute atomic E-state index is 0.241. The molecule has 0 spiro atoms. The van der Waals surface area contributed by atoms with Crippen molar-refractivity contribution in [3.63, 3.8) is 0 Å². The van der Waals surface area contributed by atoms with Crippen LogP contribution < -0.4 is 4.74 Å². The van der Waals surface area contributed by atoms with Gasteiger partial charge in [0, 0.05) is 25.1 Å². The van der Waals surface area contributed by atoms with E-state index in [1.54, 1.807) is 6.92 Å². The summed E-state index contributed by atoms with van der Waals surface area (Å²) in [5, 5.41) is 0.797. The van der Waals surface area contributed by atoms with Crippen LogP contribution in [0.25, 0.3) is 27.7 Å². The van der Waals surface area contributed by atoms with E-state index in [1.165, 1.54) is 0 Å². The average molecular weight is 364 g/mol. The van der Waals surface area contributed by atoms with E-state index >= 15 is 0 Å². The Bertz CT molecular complexity index is 1160. The zero-order chi connectivity index (χ0) is 19.1. The highest BCUT2D eigenvalue weighted by Crippen LogP contribution is 2.35. The van der Waals surface area contributed by atoms with Gasteiger partial charge in [-0.1, -0.05) is 32.9 Å². The Hall–Kier alpha value is -2.89. The van der Waals surface area contributed by atoms with Crippen LogP contribution in [0.3, 0.4) is 0 Å². The summed E-state index contributed by atoms with van der Waals surface area (Å²) in [5.74, 6) is 1.22. The topological polar surface area (TPSA) is 61.4 Å². The van der Waals surface area contributed by atoms with Gasteiger partial charge in [0.2, 0.25) is 0 Å². The number of imidazole rings is 1. The minimum atomic E-state index is -0.257. The zero-order valence-electron chi connectivity index (χ0n) is 16.2. The largest absolute Gasteiger partial charge is 0.424 e. The second-order valence-electron chi connectivity index (χ2n) is 6.83. The smallest absolute Gasteiger partial charge is 0.310 e. The van der Waals surface area contributed by atoms with Gasteiger partial charge in [0.05, 0.1) is 11.0 Å². The number of rotatable bonds is 5. The fourth-order valence-corrected chi connectivity index (χ4v) is 3.48. The van der Waals surface area contributed by atoms with Crippen molar-refractivity contribution >= 4 is 33.7 Å². The van der Waals surface area contributed by atoms with E-state index in [-0.39, 0.29) is 12.0 Å². The number of aryl methyl sites for hydroxylation is 1. The number of carbonyl (C=O) groups excluding carboxylic acids is 1. The zero-order valence-corrected chi connectivity index (χ0v) is 16.2. The Labute approximate surface area is 157 Å². The molecule has 27 heavy (non-hydrogen) atoms. The molecule has 0 aliphatic rings. The normalized spacial score (nSPS) is 12.9. The molecule has 1 aromatic carbocycles. The van der Waals surface area contributed by atoms with Gasteiger partial charge in [-0.2, -0.15) is 0 Å². The van der Waals surface area contributed by atoms with Gasteiger partial charge in [-0.05, 0) is 25.5 Å². The number of carbonyl (C=O) groups is 1. The number of fused-ring (bicyclic) bond motifs is 5. The molecule has 0 saturated heterocycles. The summed E-state index contributed by atoms with van der Waals surface area (Å²) in [5.41, 5.74) is 3.54. The maximum Gasteiger partial charge on any atom is 0.310 e. The number of hydrogen-bond acceptors (Lipinski definition) is 4. The molecule has 0 bridgehead atoms.